The van der Waals surface area contributed by atoms with Gasteiger partial charge < -0.3 is 5.11 Å². The molecule has 0 saturated carbocycles. The van der Waals surface area contributed by atoms with Crippen LogP contribution >= 0.6 is 0 Å². The molecular weight excluding hydrogens is 136 g/mol. The van der Waals surface area contributed by atoms with Gasteiger partial charge in [0.2, 0.25) is 0 Å². The van der Waals surface area contributed by atoms with Crippen molar-refractivity contribution in [2.75, 3.05) is 6.61 Å². The van der Waals surface area contributed by atoms with Crippen LogP contribution < -0.4 is 0 Å². The Balaban J connectivity index is 3.61. The molecule has 0 aliphatic rings. The van der Waals surface area contributed by atoms with Gasteiger partial charge in [0.15, 0.2) is 0 Å². The van der Waals surface area contributed by atoms with Crippen LogP contribution in [0, 0.1) is 11.8 Å². The van der Waals surface area contributed by atoms with Crippen molar-refractivity contribution in [3.05, 3.63) is 0 Å². The Morgan fingerprint density at radius 3 is 2.00 bits per heavy atom. The number of aliphatic hydroxyl groups is 1. The Labute approximate surface area is 70.8 Å². The smallest absolute Gasteiger partial charge is 0.0461 e. The Bertz CT molecular complexity index is 80.9. The van der Waals surface area contributed by atoms with Crippen molar-refractivity contribution in [3.8, 4) is 0 Å². The van der Waals surface area contributed by atoms with Crippen LogP contribution in [0.4, 0.5) is 0 Å². The first-order chi connectivity index (χ1) is 5.26. The highest BCUT2D eigenvalue weighted by Crippen LogP contribution is 2.20. The van der Waals surface area contributed by atoms with Crippen molar-refractivity contribution < 1.29 is 5.11 Å². The normalized spacial score (nSPS) is 16.4. The SMILES string of the molecule is CCCC(C)C(CO)CCC. The van der Waals surface area contributed by atoms with Crippen LogP contribution in [0.1, 0.15) is 46.5 Å². The summed E-state index contributed by atoms with van der Waals surface area (Å²) in [4.78, 5) is 0. The zero-order valence-corrected chi connectivity index (χ0v) is 8.14. The van der Waals surface area contributed by atoms with Crippen molar-refractivity contribution in [2.45, 2.75) is 46.5 Å². The van der Waals surface area contributed by atoms with Crippen LogP contribution in [0.25, 0.3) is 0 Å². The zero-order valence-electron chi connectivity index (χ0n) is 8.14. The monoisotopic (exact) mass is 158 g/mol. The fraction of sp³-hybridized carbons (Fsp3) is 1.00. The second-order valence-electron chi connectivity index (χ2n) is 3.50. The van der Waals surface area contributed by atoms with Gasteiger partial charge >= 0.3 is 0 Å². The third-order valence-corrected chi connectivity index (χ3v) is 2.44. The molecule has 0 saturated heterocycles. The Morgan fingerprint density at radius 1 is 1.09 bits per heavy atom. The number of rotatable bonds is 6. The molecule has 0 spiro atoms. The van der Waals surface area contributed by atoms with E-state index in [1.165, 1.54) is 25.7 Å². The maximum absolute atomic E-state index is 9.05. The van der Waals surface area contributed by atoms with Gasteiger partial charge in [0.25, 0.3) is 0 Å². The summed E-state index contributed by atoms with van der Waals surface area (Å²) < 4.78 is 0. The predicted octanol–water partition coefficient (Wildman–Crippen LogP) is 2.83. The molecule has 0 aromatic heterocycles. The molecular formula is C10H22O. The molecule has 0 aromatic rings. The van der Waals surface area contributed by atoms with Crippen molar-refractivity contribution in [1.29, 1.82) is 0 Å². The maximum atomic E-state index is 9.05. The van der Waals surface area contributed by atoms with E-state index in [0.29, 0.717) is 18.4 Å². The molecule has 2 atom stereocenters. The van der Waals surface area contributed by atoms with Crippen LogP contribution in [0.5, 0.6) is 0 Å². The lowest BCUT2D eigenvalue weighted by molar-refractivity contribution is 0.167. The summed E-state index contributed by atoms with van der Waals surface area (Å²) in [7, 11) is 0. The summed E-state index contributed by atoms with van der Waals surface area (Å²) >= 11 is 0. The molecule has 0 aromatic carbocycles. The fourth-order valence-corrected chi connectivity index (χ4v) is 1.62. The van der Waals surface area contributed by atoms with Crippen molar-refractivity contribution >= 4 is 0 Å². The van der Waals surface area contributed by atoms with Gasteiger partial charge in [-0.25, -0.2) is 0 Å². The standard InChI is InChI=1S/C10H22O/c1-4-6-9(3)10(8-11)7-5-2/h9-11H,4-8H2,1-3H3. The average molecular weight is 158 g/mol. The van der Waals surface area contributed by atoms with E-state index in [-0.39, 0.29) is 0 Å². The summed E-state index contributed by atoms with van der Waals surface area (Å²) in [5.74, 6) is 1.24. The highest BCUT2D eigenvalue weighted by Gasteiger charge is 2.13. The molecule has 0 fully saturated rings. The number of hydrogen-bond donors (Lipinski definition) is 1. The Kier molecular flexibility index (Phi) is 6.63. The maximum Gasteiger partial charge on any atom is 0.0461 e. The topological polar surface area (TPSA) is 20.2 Å². The van der Waals surface area contributed by atoms with E-state index in [1.54, 1.807) is 0 Å². The minimum atomic E-state index is 0.370. The quantitative estimate of drug-likeness (QED) is 0.630. The second kappa shape index (κ2) is 6.66. The molecule has 1 nitrogen and oxygen atoms in total. The van der Waals surface area contributed by atoms with E-state index in [4.69, 9.17) is 5.11 Å². The molecule has 68 valence electrons. The second-order valence-corrected chi connectivity index (χ2v) is 3.50. The van der Waals surface area contributed by atoms with Crippen LogP contribution in [0.15, 0.2) is 0 Å². The third kappa shape index (κ3) is 4.41. The third-order valence-electron chi connectivity index (χ3n) is 2.44. The molecule has 1 N–H and O–H groups in total. The van der Waals surface area contributed by atoms with Gasteiger partial charge in [-0.3, -0.25) is 0 Å². The highest BCUT2D eigenvalue weighted by molar-refractivity contribution is 4.64. The molecule has 1 heteroatoms. The Hall–Kier alpha value is -0.0400. The molecule has 0 radical (unpaired) electrons. The fourth-order valence-electron chi connectivity index (χ4n) is 1.62. The lowest BCUT2D eigenvalue weighted by Crippen LogP contribution is -2.15. The van der Waals surface area contributed by atoms with Crippen molar-refractivity contribution in [3.63, 3.8) is 0 Å². The average Bonchev–Trinajstić information content (AvgIpc) is 2.00. The summed E-state index contributed by atoms with van der Waals surface area (Å²) in [6.45, 7) is 7.01. The van der Waals surface area contributed by atoms with Crippen molar-refractivity contribution in [1.82, 2.24) is 0 Å². The predicted molar refractivity (Wildman–Crippen MR) is 49.6 cm³/mol. The first kappa shape index (κ1) is 11.0. The molecule has 0 aliphatic carbocycles. The van der Waals surface area contributed by atoms with Gasteiger partial charge in [-0.05, 0) is 18.3 Å². The Morgan fingerprint density at radius 2 is 1.64 bits per heavy atom. The van der Waals surface area contributed by atoms with Crippen molar-refractivity contribution in [2.24, 2.45) is 11.8 Å². The van der Waals surface area contributed by atoms with E-state index in [2.05, 4.69) is 20.8 Å². The van der Waals surface area contributed by atoms with Crippen LogP contribution in [0.2, 0.25) is 0 Å². The zero-order chi connectivity index (χ0) is 8.69. The highest BCUT2D eigenvalue weighted by atomic mass is 16.3. The summed E-state index contributed by atoms with van der Waals surface area (Å²) in [6.07, 6.45) is 4.86. The van der Waals surface area contributed by atoms with Gasteiger partial charge in [-0.15, -0.1) is 0 Å². The van der Waals surface area contributed by atoms with Gasteiger partial charge in [-0.1, -0.05) is 40.0 Å². The molecule has 0 aliphatic heterocycles. The molecule has 2 unspecified atom stereocenters. The molecule has 0 bridgehead atoms. The van der Waals surface area contributed by atoms with Gasteiger partial charge in [-0.2, -0.15) is 0 Å². The van der Waals surface area contributed by atoms with Crippen LogP contribution in [0.3, 0.4) is 0 Å². The van der Waals surface area contributed by atoms with Gasteiger partial charge in [0.1, 0.15) is 0 Å². The number of aliphatic hydroxyl groups excluding tert-OH is 1. The van der Waals surface area contributed by atoms with Crippen LogP contribution in [-0.4, -0.2) is 11.7 Å². The lowest BCUT2D eigenvalue weighted by atomic mass is 9.87. The summed E-state index contributed by atoms with van der Waals surface area (Å²) in [6, 6.07) is 0. The van der Waals surface area contributed by atoms with E-state index < -0.39 is 0 Å². The first-order valence-electron chi connectivity index (χ1n) is 4.87. The number of hydrogen-bond acceptors (Lipinski definition) is 1. The molecule has 0 heterocycles. The van der Waals surface area contributed by atoms with Gasteiger partial charge in [0, 0.05) is 6.61 Å². The summed E-state index contributed by atoms with van der Waals surface area (Å²) in [5.41, 5.74) is 0. The molecule has 0 amide bonds. The van der Waals surface area contributed by atoms with E-state index in [0.717, 1.165) is 0 Å². The van der Waals surface area contributed by atoms with E-state index in [9.17, 15) is 0 Å². The lowest BCUT2D eigenvalue weighted by Gasteiger charge is -2.20. The summed E-state index contributed by atoms with van der Waals surface area (Å²) in [5, 5.41) is 9.05. The van der Waals surface area contributed by atoms with Gasteiger partial charge in [0.05, 0.1) is 0 Å². The molecule has 11 heavy (non-hydrogen) atoms. The molecule has 0 rings (SSSR count). The largest absolute Gasteiger partial charge is 0.396 e. The first-order valence-corrected chi connectivity index (χ1v) is 4.87. The van der Waals surface area contributed by atoms with E-state index in [1.807, 2.05) is 0 Å². The minimum absolute atomic E-state index is 0.370. The van der Waals surface area contributed by atoms with Crippen LogP contribution in [-0.2, 0) is 0 Å². The minimum Gasteiger partial charge on any atom is -0.396 e. The van der Waals surface area contributed by atoms with E-state index >= 15 is 0 Å².